The number of quaternary nitrogens is 1. The number of nitrogens with zero attached hydrogens (tertiary/aromatic N) is 3. The highest BCUT2D eigenvalue weighted by Crippen LogP contribution is 2.30. The Morgan fingerprint density at radius 2 is 1.68 bits per heavy atom. The first-order chi connectivity index (χ1) is 19.3. The maximum atomic E-state index is 13.8. The number of benzene rings is 2. The van der Waals surface area contributed by atoms with Crippen LogP contribution in [0, 0.1) is 0 Å². The van der Waals surface area contributed by atoms with Gasteiger partial charge < -0.3 is 10.1 Å². The lowest BCUT2D eigenvalue weighted by Crippen LogP contribution is -2.63. The number of carbonyl (C=O) groups is 4. The lowest BCUT2D eigenvalue weighted by Gasteiger charge is -2.34. The fraction of sp³-hybridized carbons (Fsp3) is 0.323. The van der Waals surface area contributed by atoms with Crippen LogP contribution in [0.2, 0.25) is 0 Å². The first-order valence-corrected chi connectivity index (χ1v) is 13.4. The largest absolute Gasteiger partial charge is 0.525 e. The molecule has 208 valence electrons. The number of urea groups is 1. The zero-order valence-corrected chi connectivity index (χ0v) is 22.9. The van der Waals surface area contributed by atoms with Gasteiger partial charge in [0.1, 0.15) is 12.6 Å². The van der Waals surface area contributed by atoms with Crippen molar-refractivity contribution in [3.63, 3.8) is 0 Å². The van der Waals surface area contributed by atoms with Gasteiger partial charge in [0.2, 0.25) is 0 Å². The predicted octanol–water partition coefficient (Wildman–Crippen LogP) is 4.38. The number of ether oxygens (including phenoxy) is 1. The zero-order chi connectivity index (χ0) is 28.5. The van der Waals surface area contributed by atoms with Crippen LogP contribution >= 0.6 is 0 Å². The van der Waals surface area contributed by atoms with E-state index in [4.69, 9.17) is 4.74 Å². The van der Waals surface area contributed by atoms with E-state index in [2.05, 4.69) is 10.3 Å². The van der Waals surface area contributed by atoms with Crippen LogP contribution in [0.5, 0.6) is 0 Å². The van der Waals surface area contributed by atoms with E-state index >= 15 is 0 Å². The Kier molecular flexibility index (Phi) is 9.39. The van der Waals surface area contributed by atoms with Gasteiger partial charge in [-0.25, -0.2) is 4.79 Å². The SMILES string of the molecule is C[C@@H]1CCC[N+]1(C(=O)OCc1cccnc1)C(=O)N(C)CC(=O)C(Cc1ccccc1)NC(=O)c1ccccc1. The molecular formula is C31H35N4O5+. The normalized spacial score (nSPS) is 18.9. The third-order valence-corrected chi connectivity index (χ3v) is 7.37. The van der Waals surface area contributed by atoms with Crippen LogP contribution in [-0.4, -0.2) is 70.4 Å². The topological polar surface area (TPSA) is 106 Å². The molecular weight excluding hydrogens is 508 g/mol. The number of hydrogen-bond acceptors (Lipinski definition) is 6. The number of imide groups is 1. The van der Waals surface area contributed by atoms with E-state index in [1.807, 2.05) is 43.3 Å². The van der Waals surface area contributed by atoms with Crippen LogP contribution in [-0.2, 0) is 22.6 Å². The molecule has 0 aliphatic carbocycles. The first kappa shape index (κ1) is 28.6. The summed E-state index contributed by atoms with van der Waals surface area (Å²) in [5.74, 6) is -0.711. The van der Waals surface area contributed by atoms with Crippen molar-refractivity contribution in [1.29, 1.82) is 0 Å². The molecule has 1 aliphatic heterocycles. The molecule has 1 saturated heterocycles. The van der Waals surface area contributed by atoms with Gasteiger partial charge >= 0.3 is 12.1 Å². The summed E-state index contributed by atoms with van der Waals surface area (Å²) in [6.45, 7) is 1.88. The summed E-state index contributed by atoms with van der Waals surface area (Å²) in [5.41, 5.74) is 2.03. The van der Waals surface area contributed by atoms with E-state index in [0.717, 1.165) is 11.1 Å². The standard InChI is InChI=1S/C31H34N4O5/c1-23-11-10-18-35(23,31(39)40-22-25-14-9-17-32-20-25)30(38)34(2)21-28(36)27(19-24-12-5-3-6-13-24)33-29(37)26-15-7-4-8-16-26/h3-9,12-17,20,23,27H,10-11,18-19,21-22H2,1-2H3/p+1/t23-,27?,35?/m1/s1. The fourth-order valence-electron chi connectivity index (χ4n) is 5.10. The summed E-state index contributed by atoms with van der Waals surface area (Å²) in [6, 6.07) is 19.9. The molecule has 0 radical (unpaired) electrons. The number of nitrogens with one attached hydrogen (secondary N) is 1. The number of aromatic nitrogens is 1. The molecule has 9 heteroatoms. The molecule has 1 N–H and O–H groups in total. The second kappa shape index (κ2) is 13.1. The summed E-state index contributed by atoms with van der Waals surface area (Å²) in [4.78, 5) is 59.1. The number of hydrogen-bond donors (Lipinski definition) is 1. The third kappa shape index (κ3) is 6.60. The fourth-order valence-corrected chi connectivity index (χ4v) is 5.10. The highest BCUT2D eigenvalue weighted by atomic mass is 16.6. The van der Waals surface area contributed by atoms with Crippen LogP contribution in [0.25, 0.3) is 0 Å². The number of amides is 4. The monoisotopic (exact) mass is 543 g/mol. The summed E-state index contributed by atoms with van der Waals surface area (Å²) in [7, 11) is 1.51. The van der Waals surface area contributed by atoms with Crippen molar-refractivity contribution in [3.05, 3.63) is 102 Å². The quantitative estimate of drug-likeness (QED) is 0.402. The van der Waals surface area contributed by atoms with Crippen LogP contribution in [0.1, 0.15) is 41.3 Å². The Balaban J connectivity index is 1.49. The first-order valence-electron chi connectivity index (χ1n) is 13.4. The number of pyridine rings is 1. The summed E-state index contributed by atoms with van der Waals surface area (Å²) in [6.07, 6.45) is 4.22. The molecule has 3 atom stereocenters. The molecule has 1 fully saturated rings. The Labute approximate surface area is 234 Å². The summed E-state index contributed by atoms with van der Waals surface area (Å²) in [5, 5.41) is 2.85. The average Bonchev–Trinajstić information content (AvgIpc) is 3.38. The summed E-state index contributed by atoms with van der Waals surface area (Å²) < 4.78 is 5.08. The van der Waals surface area contributed by atoms with E-state index in [0.29, 0.717) is 24.9 Å². The van der Waals surface area contributed by atoms with E-state index in [9.17, 15) is 19.2 Å². The second-order valence-corrected chi connectivity index (χ2v) is 10.2. The highest BCUT2D eigenvalue weighted by molar-refractivity contribution is 5.99. The molecule has 4 rings (SSSR count). The number of ketones is 1. The minimum Gasteiger partial charge on any atom is -0.415 e. The lowest BCUT2D eigenvalue weighted by atomic mass is 10.0. The van der Waals surface area contributed by atoms with Gasteiger partial charge in [-0.2, -0.15) is 4.79 Å². The molecule has 2 aromatic carbocycles. The third-order valence-electron chi connectivity index (χ3n) is 7.37. The molecule has 0 saturated carbocycles. The summed E-state index contributed by atoms with van der Waals surface area (Å²) >= 11 is 0. The number of Topliss-reactive ketones (excluding diaryl/α,β-unsaturated/α-hetero) is 1. The minimum absolute atomic E-state index is 0.0000144. The van der Waals surface area contributed by atoms with Crippen LogP contribution < -0.4 is 5.32 Å². The average molecular weight is 544 g/mol. The smallest absolute Gasteiger partial charge is 0.415 e. The zero-order valence-electron chi connectivity index (χ0n) is 22.9. The number of likely N-dealkylation sites (tertiary alicyclic amines) is 1. The maximum Gasteiger partial charge on any atom is 0.525 e. The number of likely N-dealkylation sites (N-methyl/N-ethyl adjacent to an activating group) is 1. The molecule has 0 spiro atoms. The van der Waals surface area contributed by atoms with Gasteiger partial charge in [0.05, 0.1) is 19.1 Å². The van der Waals surface area contributed by atoms with Crippen LogP contribution in [0.3, 0.4) is 0 Å². The van der Waals surface area contributed by atoms with Crippen molar-refractivity contribution in [2.24, 2.45) is 0 Å². The molecule has 4 amide bonds. The Hall–Kier alpha value is -4.37. The van der Waals surface area contributed by atoms with E-state index < -0.39 is 22.6 Å². The van der Waals surface area contributed by atoms with Gasteiger partial charge in [0, 0.05) is 43.4 Å². The van der Waals surface area contributed by atoms with E-state index in [1.54, 1.807) is 48.8 Å². The Morgan fingerprint density at radius 1 is 1.00 bits per heavy atom. The number of carbonyl (C=O) groups excluding carboxylic acids is 4. The molecule has 2 unspecified atom stereocenters. The molecule has 40 heavy (non-hydrogen) atoms. The molecule has 3 aromatic rings. The molecule has 9 nitrogen and oxygen atoms in total. The minimum atomic E-state index is -0.868. The van der Waals surface area contributed by atoms with Gasteiger partial charge in [0.25, 0.3) is 5.91 Å². The Bertz CT molecular complexity index is 1320. The van der Waals surface area contributed by atoms with Gasteiger partial charge in [-0.15, -0.1) is 4.48 Å². The molecule has 1 aromatic heterocycles. The predicted molar refractivity (Wildman–Crippen MR) is 149 cm³/mol. The van der Waals surface area contributed by atoms with Crippen LogP contribution in [0.4, 0.5) is 9.59 Å². The van der Waals surface area contributed by atoms with Crippen molar-refractivity contribution >= 4 is 23.8 Å². The van der Waals surface area contributed by atoms with Crippen molar-refractivity contribution in [2.45, 2.75) is 44.9 Å². The van der Waals surface area contributed by atoms with E-state index in [1.165, 1.54) is 11.9 Å². The Morgan fingerprint density at radius 3 is 2.30 bits per heavy atom. The lowest BCUT2D eigenvalue weighted by molar-refractivity contribution is -0.791. The van der Waals surface area contributed by atoms with Crippen molar-refractivity contribution in [3.8, 4) is 0 Å². The maximum absolute atomic E-state index is 13.8. The van der Waals surface area contributed by atoms with E-state index in [-0.39, 0.29) is 37.3 Å². The highest BCUT2D eigenvalue weighted by Gasteiger charge is 2.55. The van der Waals surface area contributed by atoms with Crippen molar-refractivity contribution in [1.82, 2.24) is 15.2 Å². The number of rotatable bonds is 9. The van der Waals surface area contributed by atoms with Crippen molar-refractivity contribution < 1.29 is 28.4 Å². The molecule has 1 aliphatic rings. The van der Waals surface area contributed by atoms with Gasteiger partial charge in [-0.05, 0) is 37.1 Å². The molecule has 0 bridgehead atoms. The van der Waals surface area contributed by atoms with Gasteiger partial charge in [0.15, 0.2) is 5.78 Å². The van der Waals surface area contributed by atoms with Crippen molar-refractivity contribution in [2.75, 3.05) is 20.1 Å². The second-order valence-electron chi connectivity index (χ2n) is 10.2. The van der Waals surface area contributed by atoms with Crippen LogP contribution in [0.15, 0.2) is 85.2 Å². The van der Waals surface area contributed by atoms with Gasteiger partial charge in [-0.3, -0.25) is 19.5 Å². The molecule has 2 heterocycles. The van der Waals surface area contributed by atoms with Gasteiger partial charge in [-0.1, -0.05) is 54.6 Å².